The molecule has 0 saturated heterocycles. The van der Waals surface area contributed by atoms with Crippen molar-refractivity contribution in [2.45, 2.75) is 11.8 Å². The van der Waals surface area contributed by atoms with Crippen LogP contribution in [0.2, 0.25) is 0 Å². The lowest BCUT2D eigenvalue weighted by molar-refractivity contribution is -0.114. The Labute approximate surface area is 87.5 Å². The van der Waals surface area contributed by atoms with E-state index >= 15 is 0 Å². The summed E-state index contributed by atoms with van der Waals surface area (Å²) in [4.78, 5) is 11.1. The molecule has 1 aromatic carbocycles. The van der Waals surface area contributed by atoms with Gasteiger partial charge >= 0.3 is 0 Å². The van der Waals surface area contributed by atoms with Crippen molar-refractivity contribution >= 4 is 27.5 Å². The van der Waals surface area contributed by atoms with E-state index in [1.54, 1.807) is 12.1 Å². The van der Waals surface area contributed by atoms with E-state index in [1.807, 2.05) is 0 Å². The van der Waals surface area contributed by atoms with Crippen molar-refractivity contribution in [1.82, 2.24) is 0 Å². The standard InChI is InChI=1S/C10H9NO3S/c1-7(12)11-9-3-2-4-10-8(9)5-6-15(10,13)14/h2-6H,1H3,(H,11,12). The van der Waals surface area contributed by atoms with Gasteiger partial charge in [-0.15, -0.1) is 0 Å². The minimum Gasteiger partial charge on any atom is -0.326 e. The molecular weight excluding hydrogens is 214 g/mol. The van der Waals surface area contributed by atoms with E-state index < -0.39 is 9.84 Å². The number of fused-ring (bicyclic) bond motifs is 1. The second-order valence-electron chi connectivity index (χ2n) is 3.25. The summed E-state index contributed by atoms with van der Waals surface area (Å²) in [6, 6.07) is 4.80. The molecule has 1 aromatic rings. The van der Waals surface area contributed by atoms with Crippen LogP contribution in [-0.2, 0) is 14.6 Å². The summed E-state index contributed by atoms with van der Waals surface area (Å²) in [5.41, 5.74) is 1.07. The van der Waals surface area contributed by atoms with Crippen molar-refractivity contribution in [2.75, 3.05) is 5.32 Å². The van der Waals surface area contributed by atoms with Crippen molar-refractivity contribution in [3.63, 3.8) is 0 Å². The fraction of sp³-hybridized carbons (Fsp3) is 0.100. The van der Waals surface area contributed by atoms with Gasteiger partial charge in [0.15, 0.2) is 0 Å². The largest absolute Gasteiger partial charge is 0.326 e. The van der Waals surface area contributed by atoms with Gasteiger partial charge < -0.3 is 5.32 Å². The number of carbonyl (C=O) groups excluding carboxylic acids is 1. The van der Waals surface area contributed by atoms with E-state index in [0.717, 1.165) is 5.41 Å². The Morgan fingerprint density at radius 3 is 2.73 bits per heavy atom. The molecule has 5 heteroatoms. The third-order valence-corrected chi connectivity index (χ3v) is 3.56. The first-order valence-electron chi connectivity index (χ1n) is 4.34. The highest BCUT2D eigenvalue weighted by Gasteiger charge is 2.22. The quantitative estimate of drug-likeness (QED) is 0.782. The number of hydrogen-bond donors (Lipinski definition) is 1. The molecule has 0 atom stereocenters. The zero-order chi connectivity index (χ0) is 11.1. The molecule has 0 radical (unpaired) electrons. The van der Waals surface area contributed by atoms with Crippen molar-refractivity contribution in [3.8, 4) is 0 Å². The molecule has 4 nitrogen and oxygen atoms in total. The zero-order valence-corrected chi connectivity index (χ0v) is 8.84. The Morgan fingerprint density at radius 1 is 1.33 bits per heavy atom. The molecule has 15 heavy (non-hydrogen) atoms. The fourth-order valence-electron chi connectivity index (χ4n) is 1.49. The Kier molecular flexibility index (Phi) is 2.12. The number of rotatable bonds is 1. The van der Waals surface area contributed by atoms with Gasteiger partial charge in [0, 0.05) is 23.6 Å². The highest BCUT2D eigenvalue weighted by molar-refractivity contribution is 7.94. The van der Waals surface area contributed by atoms with Crippen LogP contribution in [-0.4, -0.2) is 14.3 Å². The molecule has 1 aliphatic rings. The Morgan fingerprint density at radius 2 is 2.07 bits per heavy atom. The lowest BCUT2D eigenvalue weighted by Gasteiger charge is -2.06. The summed E-state index contributed by atoms with van der Waals surface area (Å²) in [6.45, 7) is 1.38. The average molecular weight is 223 g/mol. The number of amides is 1. The highest BCUT2D eigenvalue weighted by atomic mass is 32.2. The van der Waals surface area contributed by atoms with E-state index in [2.05, 4.69) is 5.32 Å². The van der Waals surface area contributed by atoms with E-state index in [-0.39, 0.29) is 10.8 Å². The zero-order valence-electron chi connectivity index (χ0n) is 8.02. The molecule has 0 spiro atoms. The summed E-state index contributed by atoms with van der Waals surface area (Å²) in [5, 5.41) is 3.73. The van der Waals surface area contributed by atoms with Crippen LogP contribution in [0.15, 0.2) is 28.5 Å². The van der Waals surface area contributed by atoms with Crippen LogP contribution >= 0.6 is 0 Å². The van der Waals surface area contributed by atoms with Crippen LogP contribution in [0.4, 0.5) is 5.69 Å². The smallest absolute Gasteiger partial charge is 0.221 e. The van der Waals surface area contributed by atoms with E-state index in [0.29, 0.717) is 11.3 Å². The van der Waals surface area contributed by atoms with Crippen LogP contribution in [0.1, 0.15) is 12.5 Å². The van der Waals surface area contributed by atoms with Gasteiger partial charge in [0.25, 0.3) is 0 Å². The van der Waals surface area contributed by atoms with Crippen molar-refractivity contribution < 1.29 is 13.2 Å². The predicted molar refractivity (Wildman–Crippen MR) is 57.0 cm³/mol. The van der Waals surface area contributed by atoms with Crippen molar-refractivity contribution in [3.05, 3.63) is 29.2 Å². The maximum Gasteiger partial charge on any atom is 0.221 e. The maximum absolute atomic E-state index is 11.5. The maximum atomic E-state index is 11.5. The SMILES string of the molecule is CC(=O)Nc1cccc2c1C=CS2(=O)=O. The van der Waals surface area contributed by atoms with Crippen molar-refractivity contribution in [1.29, 1.82) is 0 Å². The lowest BCUT2D eigenvalue weighted by atomic mass is 10.2. The highest BCUT2D eigenvalue weighted by Crippen LogP contribution is 2.32. The van der Waals surface area contributed by atoms with Gasteiger partial charge in [-0.3, -0.25) is 4.79 Å². The number of benzene rings is 1. The summed E-state index contributed by atoms with van der Waals surface area (Å²) in [5.74, 6) is -0.221. The van der Waals surface area contributed by atoms with Gasteiger partial charge in [-0.25, -0.2) is 8.42 Å². The second-order valence-corrected chi connectivity index (χ2v) is 5.05. The molecule has 78 valence electrons. The monoisotopic (exact) mass is 223 g/mol. The normalized spacial score (nSPS) is 16.1. The molecule has 0 aliphatic carbocycles. The van der Waals surface area contributed by atoms with E-state index in [1.165, 1.54) is 19.1 Å². The topological polar surface area (TPSA) is 63.2 Å². The molecule has 0 bridgehead atoms. The molecule has 0 saturated carbocycles. The minimum atomic E-state index is -3.30. The van der Waals surface area contributed by atoms with Crippen LogP contribution in [0.3, 0.4) is 0 Å². The summed E-state index contributed by atoms with van der Waals surface area (Å²) in [7, 11) is -3.30. The molecule has 1 heterocycles. The minimum absolute atomic E-state index is 0.221. The van der Waals surface area contributed by atoms with Gasteiger partial charge in [-0.1, -0.05) is 6.07 Å². The third kappa shape index (κ3) is 1.66. The second kappa shape index (κ2) is 3.20. The first kappa shape index (κ1) is 9.92. The molecule has 1 amide bonds. The fourth-order valence-corrected chi connectivity index (χ4v) is 2.71. The Balaban J connectivity index is 2.59. The first-order valence-corrected chi connectivity index (χ1v) is 5.89. The van der Waals surface area contributed by atoms with Gasteiger partial charge in [0.05, 0.1) is 4.90 Å². The Bertz CT molecular complexity index is 558. The third-order valence-electron chi connectivity index (χ3n) is 2.10. The van der Waals surface area contributed by atoms with Gasteiger partial charge in [0.1, 0.15) is 0 Å². The Hall–Kier alpha value is -1.62. The average Bonchev–Trinajstić information content (AvgIpc) is 2.43. The molecule has 0 fully saturated rings. The number of hydrogen-bond acceptors (Lipinski definition) is 3. The van der Waals surface area contributed by atoms with E-state index in [4.69, 9.17) is 0 Å². The molecule has 1 N–H and O–H groups in total. The number of carbonyl (C=O) groups is 1. The number of sulfone groups is 1. The van der Waals surface area contributed by atoms with Gasteiger partial charge in [-0.05, 0) is 18.2 Å². The molecule has 1 aliphatic heterocycles. The summed E-state index contributed by atoms with van der Waals surface area (Å²) >= 11 is 0. The van der Waals surface area contributed by atoms with Crippen LogP contribution in [0.25, 0.3) is 6.08 Å². The van der Waals surface area contributed by atoms with Crippen LogP contribution in [0.5, 0.6) is 0 Å². The van der Waals surface area contributed by atoms with E-state index in [9.17, 15) is 13.2 Å². The van der Waals surface area contributed by atoms with Crippen LogP contribution in [0, 0.1) is 0 Å². The summed E-state index contributed by atoms with van der Waals surface area (Å²) < 4.78 is 23.0. The first-order chi connectivity index (χ1) is 7.00. The predicted octanol–water partition coefficient (Wildman–Crippen LogP) is 1.40. The molecule has 0 unspecified atom stereocenters. The lowest BCUT2D eigenvalue weighted by Crippen LogP contribution is -2.07. The number of nitrogens with one attached hydrogen (secondary N) is 1. The summed E-state index contributed by atoms with van der Waals surface area (Å²) in [6.07, 6.45) is 1.50. The van der Waals surface area contributed by atoms with Gasteiger partial charge in [-0.2, -0.15) is 0 Å². The van der Waals surface area contributed by atoms with Gasteiger partial charge in [0.2, 0.25) is 15.7 Å². The molecular formula is C10H9NO3S. The number of anilines is 1. The van der Waals surface area contributed by atoms with Crippen molar-refractivity contribution in [2.24, 2.45) is 0 Å². The molecule has 2 rings (SSSR count). The van der Waals surface area contributed by atoms with Crippen LogP contribution < -0.4 is 5.32 Å². The molecule has 0 aromatic heterocycles.